The van der Waals surface area contributed by atoms with Crippen molar-refractivity contribution >= 4 is 5.91 Å². The zero-order valence-corrected chi connectivity index (χ0v) is 13.6. The smallest absolute Gasteiger partial charge is 0.260 e. The van der Waals surface area contributed by atoms with Crippen molar-refractivity contribution in [1.29, 1.82) is 0 Å². The van der Waals surface area contributed by atoms with E-state index >= 15 is 0 Å². The van der Waals surface area contributed by atoms with Gasteiger partial charge in [0.1, 0.15) is 5.75 Å². The fourth-order valence-corrected chi connectivity index (χ4v) is 2.08. The molecule has 1 atom stereocenters. The molecular weight excluding hydrogens is 266 g/mol. The standard InChI is InChI=1S/C16H27N3O2/c1-5-13(17)10-14-15(9-8-12(4)18-14)21-11-16(20)19(6-2)7-3/h8-9,13H,5-7,10-11,17H2,1-4H3. The lowest BCUT2D eigenvalue weighted by Gasteiger charge is -2.19. The first-order valence-corrected chi connectivity index (χ1v) is 7.64. The van der Waals surface area contributed by atoms with Crippen LogP contribution < -0.4 is 10.5 Å². The number of aromatic nitrogens is 1. The van der Waals surface area contributed by atoms with Gasteiger partial charge in [0.25, 0.3) is 5.91 Å². The van der Waals surface area contributed by atoms with Crippen LogP contribution in [-0.4, -0.2) is 41.5 Å². The summed E-state index contributed by atoms with van der Waals surface area (Å²) in [6, 6.07) is 3.81. The van der Waals surface area contributed by atoms with E-state index in [1.807, 2.05) is 39.8 Å². The fourth-order valence-electron chi connectivity index (χ4n) is 2.08. The number of nitrogens with zero attached hydrogens (tertiary/aromatic N) is 2. The van der Waals surface area contributed by atoms with Crippen molar-refractivity contribution in [2.24, 2.45) is 5.73 Å². The van der Waals surface area contributed by atoms with Crippen LogP contribution in [0, 0.1) is 6.92 Å². The van der Waals surface area contributed by atoms with E-state index in [0.29, 0.717) is 25.3 Å². The van der Waals surface area contributed by atoms with Crippen LogP contribution in [0.1, 0.15) is 38.6 Å². The normalized spacial score (nSPS) is 12.0. The van der Waals surface area contributed by atoms with E-state index in [2.05, 4.69) is 4.98 Å². The van der Waals surface area contributed by atoms with Crippen LogP contribution in [0.5, 0.6) is 5.75 Å². The molecule has 21 heavy (non-hydrogen) atoms. The quantitative estimate of drug-likeness (QED) is 0.795. The number of nitrogens with two attached hydrogens (primary N) is 1. The number of carbonyl (C=O) groups excluding carboxylic acids is 1. The third kappa shape index (κ3) is 5.34. The van der Waals surface area contributed by atoms with E-state index in [1.54, 1.807) is 4.90 Å². The number of aryl methyl sites for hydroxylation is 1. The lowest BCUT2D eigenvalue weighted by Crippen LogP contribution is -2.34. The highest BCUT2D eigenvalue weighted by molar-refractivity contribution is 5.77. The molecule has 0 aromatic carbocycles. The highest BCUT2D eigenvalue weighted by Crippen LogP contribution is 2.19. The summed E-state index contributed by atoms with van der Waals surface area (Å²) in [5.41, 5.74) is 7.76. The van der Waals surface area contributed by atoms with Crippen LogP contribution in [0.2, 0.25) is 0 Å². The second kappa shape index (κ2) is 8.62. The minimum atomic E-state index is -0.00804. The number of amides is 1. The summed E-state index contributed by atoms with van der Waals surface area (Å²) in [5, 5.41) is 0. The second-order valence-corrected chi connectivity index (χ2v) is 5.12. The molecule has 1 aromatic heterocycles. The predicted octanol–water partition coefficient (Wildman–Crippen LogP) is 1.92. The third-order valence-corrected chi connectivity index (χ3v) is 3.52. The van der Waals surface area contributed by atoms with Crippen molar-refractivity contribution in [3.63, 3.8) is 0 Å². The summed E-state index contributed by atoms with van der Waals surface area (Å²) >= 11 is 0. The van der Waals surface area contributed by atoms with Gasteiger partial charge in [-0.3, -0.25) is 9.78 Å². The molecule has 1 aromatic rings. The number of pyridine rings is 1. The van der Waals surface area contributed by atoms with Crippen molar-refractivity contribution in [3.8, 4) is 5.75 Å². The van der Waals surface area contributed by atoms with Crippen LogP contribution in [-0.2, 0) is 11.2 Å². The molecule has 0 saturated heterocycles. The Morgan fingerprint density at radius 1 is 1.33 bits per heavy atom. The van der Waals surface area contributed by atoms with Crippen LogP contribution >= 0.6 is 0 Å². The van der Waals surface area contributed by atoms with E-state index < -0.39 is 0 Å². The molecule has 0 saturated carbocycles. The van der Waals surface area contributed by atoms with E-state index in [1.165, 1.54) is 0 Å². The minimum absolute atomic E-state index is 0.00804. The van der Waals surface area contributed by atoms with Gasteiger partial charge in [-0.25, -0.2) is 0 Å². The van der Waals surface area contributed by atoms with Crippen molar-refractivity contribution in [2.45, 2.75) is 46.6 Å². The van der Waals surface area contributed by atoms with E-state index in [-0.39, 0.29) is 18.6 Å². The summed E-state index contributed by atoms with van der Waals surface area (Å²) in [6.07, 6.45) is 1.54. The molecule has 1 rings (SSSR count). The molecule has 0 aliphatic carbocycles. The molecule has 1 unspecified atom stereocenters. The monoisotopic (exact) mass is 293 g/mol. The Morgan fingerprint density at radius 2 is 2.00 bits per heavy atom. The number of hydrogen-bond acceptors (Lipinski definition) is 4. The van der Waals surface area contributed by atoms with Gasteiger partial charge in [0.15, 0.2) is 6.61 Å². The second-order valence-electron chi connectivity index (χ2n) is 5.12. The van der Waals surface area contributed by atoms with E-state index in [4.69, 9.17) is 10.5 Å². The first-order chi connectivity index (χ1) is 10.0. The van der Waals surface area contributed by atoms with E-state index in [0.717, 1.165) is 17.8 Å². The van der Waals surface area contributed by atoms with E-state index in [9.17, 15) is 4.79 Å². The topological polar surface area (TPSA) is 68.5 Å². The zero-order valence-electron chi connectivity index (χ0n) is 13.6. The maximum Gasteiger partial charge on any atom is 0.260 e. The minimum Gasteiger partial charge on any atom is -0.482 e. The number of likely N-dealkylation sites (N-methyl/N-ethyl adjacent to an activating group) is 1. The maximum atomic E-state index is 12.0. The molecule has 0 fully saturated rings. The summed E-state index contributed by atoms with van der Waals surface area (Å²) in [4.78, 5) is 18.2. The molecule has 5 heteroatoms. The Labute approximate surface area is 127 Å². The molecule has 0 aliphatic heterocycles. The molecule has 5 nitrogen and oxygen atoms in total. The molecule has 0 radical (unpaired) electrons. The lowest BCUT2D eigenvalue weighted by atomic mass is 10.1. The first kappa shape index (κ1) is 17.4. The van der Waals surface area contributed by atoms with Gasteiger partial charge in [0.05, 0.1) is 5.69 Å². The third-order valence-electron chi connectivity index (χ3n) is 3.52. The molecule has 0 bridgehead atoms. The van der Waals surface area contributed by atoms with Crippen LogP contribution in [0.3, 0.4) is 0 Å². The van der Waals surface area contributed by atoms with Gasteiger partial charge in [-0.15, -0.1) is 0 Å². The Bertz CT molecular complexity index is 459. The number of carbonyl (C=O) groups is 1. The highest BCUT2D eigenvalue weighted by Gasteiger charge is 2.14. The van der Waals surface area contributed by atoms with Crippen molar-refractivity contribution in [2.75, 3.05) is 19.7 Å². The van der Waals surface area contributed by atoms with Crippen LogP contribution in [0.25, 0.3) is 0 Å². The van der Waals surface area contributed by atoms with Gasteiger partial charge < -0.3 is 15.4 Å². The molecular formula is C16H27N3O2. The van der Waals surface area contributed by atoms with Gasteiger partial charge in [-0.1, -0.05) is 6.92 Å². The van der Waals surface area contributed by atoms with Gasteiger partial charge in [-0.2, -0.15) is 0 Å². The molecule has 1 amide bonds. The largest absolute Gasteiger partial charge is 0.482 e. The summed E-state index contributed by atoms with van der Waals surface area (Å²) in [5.74, 6) is 0.649. The highest BCUT2D eigenvalue weighted by atomic mass is 16.5. The molecule has 118 valence electrons. The SMILES string of the molecule is CCC(N)Cc1nc(C)ccc1OCC(=O)N(CC)CC. The van der Waals surface area contributed by atoms with Crippen LogP contribution in [0.4, 0.5) is 0 Å². The average Bonchev–Trinajstić information content (AvgIpc) is 2.47. The molecule has 0 spiro atoms. The summed E-state index contributed by atoms with van der Waals surface area (Å²) < 4.78 is 5.67. The first-order valence-electron chi connectivity index (χ1n) is 7.64. The Kier molecular flexibility index (Phi) is 7.15. The van der Waals surface area contributed by atoms with Crippen molar-refractivity contribution < 1.29 is 9.53 Å². The van der Waals surface area contributed by atoms with Crippen molar-refractivity contribution in [3.05, 3.63) is 23.5 Å². The number of rotatable bonds is 8. The predicted molar refractivity (Wildman–Crippen MR) is 84.4 cm³/mol. The Morgan fingerprint density at radius 3 is 2.57 bits per heavy atom. The fraction of sp³-hybridized carbons (Fsp3) is 0.625. The van der Waals surface area contributed by atoms with Crippen molar-refractivity contribution in [1.82, 2.24) is 9.88 Å². The summed E-state index contributed by atoms with van der Waals surface area (Å²) in [7, 11) is 0. The van der Waals surface area contributed by atoms with Gasteiger partial charge in [-0.05, 0) is 39.3 Å². The molecule has 2 N–H and O–H groups in total. The Hall–Kier alpha value is -1.62. The molecule has 0 aliphatic rings. The van der Waals surface area contributed by atoms with Crippen LogP contribution in [0.15, 0.2) is 12.1 Å². The summed E-state index contributed by atoms with van der Waals surface area (Å²) in [6.45, 7) is 9.33. The Balaban J connectivity index is 2.76. The maximum absolute atomic E-state index is 12.0. The average molecular weight is 293 g/mol. The van der Waals surface area contributed by atoms with Gasteiger partial charge in [0, 0.05) is 31.2 Å². The lowest BCUT2D eigenvalue weighted by molar-refractivity contribution is -0.132. The van der Waals surface area contributed by atoms with Gasteiger partial charge >= 0.3 is 0 Å². The zero-order chi connectivity index (χ0) is 15.8. The number of hydrogen-bond donors (Lipinski definition) is 1. The number of ether oxygens (including phenoxy) is 1. The van der Waals surface area contributed by atoms with Gasteiger partial charge in [0.2, 0.25) is 0 Å². The molecule has 1 heterocycles.